The molecule has 0 aliphatic heterocycles. The number of hydrogen-bond acceptors (Lipinski definition) is 4. The molecule has 5 heteroatoms. The molecule has 24 heavy (non-hydrogen) atoms. The van der Waals surface area contributed by atoms with Gasteiger partial charge in [-0.2, -0.15) is 0 Å². The molecule has 2 rings (SSSR count). The standard InChI is InChI=1S/C19H25ClN2O2/c20-18-6-2-17(3-7-18)15-24-19-8-4-16(5-9-19)14-22-11-1-10-21-12-13-23/h2-9,21-23H,1,10-15H2. The van der Waals surface area contributed by atoms with Gasteiger partial charge in [-0.15, -0.1) is 0 Å². The van der Waals surface area contributed by atoms with Crippen LogP contribution in [0.2, 0.25) is 5.02 Å². The Morgan fingerprint density at radius 2 is 1.50 bits per heavy atom. The molecule has 0 spiro atoms. The smallest absolute Gasteiger partial charge is 0.119 e. The van der Waals surface area contributed by atoms with E-state index in [1.165, 1.54) is 5.56 Å². The van der Waals surface area contributed by atoms with Crippen molar-refractivity contribution in [2.45, 2.75) is 19.6 Å². The first-order chi connectivity index (χ1) is 11.8. The molecule has 0 amide bonds. The quantitative estimate of drug-likeness (QED) is 0.546. The van der Waals surface area contributed by atoms with Crippen molar-refractivity contribution in [2.75, 3.05) is 26.2 Å². The molecule has 0 saturated carbocycles. The molecule has 0 fully saturated rings. The maximum absolute atomic E-state index is 8.66. The zero-order valence-electron chi connectivity index (χ0n) is 13.8. The van der Waals surface area contributed by atoms with Gasteiger partial charge in [-0.3, -0.25) is 0 Å². The summed E-state index contributed by atoms with van der Waals surface area (Å²) in [4.78, 5) is 0. The summed E-state index contributed by atoms with van der Waals surface area (Å²) in [6.07, 6.45) is 1.04. The fourth-order valence-corrected chi connectivity index (χ4v) is 2.35. The van der Waals surface area contributed by atoms with E-state index >= 15 is 0 Å². The third-order valence-electron chi connectivity index (χ3n) is 3.57. The Bertz CT molecular complexity index is 573. The summed E-state index contributed by atoms with van der Waals surface area (Å²) >= 11 is 5.87. The fraction of sp³-hybridized carbons (Fsp3) is 0.368. The summed E-state index contributed by atoms with van der Waals surface area (Å²) in [6, 6.07) is 15.8. The summed E-state index contributed by atoms with van der Waals surface area (Å²) < 4.78 is 5.78. The minimum Gasteiger partial charge on any atom is -0.489 e. The second-order valence-electron chi connectivity index (χ2n) is 5.56. The molecule has 0 heterocycles. The lowest BCUT2D eigenvalue weighted by Gasteiger charge is -2.09. The highest BCUT2D eigenvalue weighted by Crippen LogP contribution is 2.15. The molecule has 0 aliphatic carbocycles. The average Bonchev–Trinajstić information content (AvgIpc) is 2.61. The van der Waals surface area contributed by atoms with Crippen LogP contribution in [-0.4, -0.2) is 31.3 Å². The first-order valence-corrected chi connectivity index (χ1v) is 8.64. The van der Waals surface area contributed by atoms with Crippen molar-refractivity contribution in [2.24, 2.45) is 0 Å². The molecule has 130 valence electrons. The van der Waals surface area contributed by atoms with Crippen molar-refractivity contribution >= 4 is 11.6 Å². The summed E-state index contributed by atoms with van der Waals surface area (Å²) in [6.45, 7) is 4.11. The van der Waals surface area contributed by atoms with E-state index in [2.05, 4.69) is 22.8 Å². The molecule has 0 aliphatic rings. The van der Waals surface area contributed by atoms with Gasteiger partial charge in [0, 0.05) is 18.1 Å². The van der Waals surface area contributed by atoms with Gasteiger partial charge in [-0.1, -0.05) is 35.9 Å². The summed E-state index contributed by atoms with van der Waals surface area (Å²) in [5, 5.41) is 16.0. The van der Waals surface area contributed by atoms with Gasteiger partial charge in [0.25, 0.3) is 0 Å². The minimum absolute atomic E-state index is 0.194. The number of benzene rings is 2. The molecular weight excluding hydrogens is 324 g/mol. The van der Waals surface area contributed by atoms with Crippen LogP contribution in [0.1, 0.15) is 17.5 Å². The number of nitrogens with one attached hydrogen (secondary N) is 2. The zero-order chi connectivity index (χ0) is 17.0. The molecule has 3 N–H and O–H groups in total. The largest absolute Gasteiger partial charge is 0.489 e. The van der Waals surface area contributed by atoms with E-state index in [1.807, 2.05) is 36.4 Å². The van der Waals surface area contributed by atoms with E-state index in [0.717, 1.165) is 42.4 Å². The van der Waals surface area contributed by atoms with Crippen molar-refractivity contribution < 1.29 is 9.84 Å². The Morgan fingerprint density at radius 3 is 2.21 bits per heavy atom. The van der Waals surface area contributed by atoms with Gasteiger partial charge >= 0.3 is 0 Å². The second-order valence-corrected chi connectivity index (χ2v) is 6.00. The highest BCUT2D eigenvalue weighted by atomic mass is 35.5. The second kappa shape index (κ2) is 11.0. The van der Waals surface area contributed by atoms with Gasteiger partial charge in [0.2, 0.25) is 0 Å². The first-order valence-electron chi connectivity index (χ1n) is 8.26. The van der Waals surface area contributed by atoms with Crippen LogP contribution in [0.5, 0.6) is 5.75 Å². The minimum atomic E-state index is 0.194. The predicted molar refractivity (Wildman–Crippen MR) is 98.5 cm³/mol. The third-order valence-corrected chi connectivity index (χ3v) is 3.82. The van der Waals surface area contributed by atoms with Crippen LogP contribution in [0.4, 0.5) is 0 Å². The van der Waals surface area contributed by atoms with E-state index in [0.29, 0.717) is 13.2 Å². The molecule has 4 nitrogen and oxygen atoms in total. The average molecular weight is 349 g/mol. The molecule has 2 aromatic carbocycles. The highest BCUT2D eigenvalue weighted by Gasteiger charge is 1.98. The molecule has 0 radical (unpaired) electrons. The van der Waals surface area contributed by atoms with Crippen LogP contribution in [0, 0.1) is 0 Å². The van der Waals surface area contributed by atoms with Crippen LogP contribution in [0.3, 0.4) is 0 Å². The number of aliphatic hydroxyl groups is 1. The normalized spacial score (nSPS) is 10.8. The molecular formula is C19H25ClN2O2. The van der Waals surface area contributed by atoms with Crippen molar-refractivity contribution in [3.05, 3.63) is 64.7 Å². The lowest BCUT2D eigenvalue weighted by molar-refractivity contribution is 0.292. The monoisotopic (exact) mass is 348 g/mol. The Kier molecular flexibility index (Phi) is 8.63. The van der Waals surface area contributed by atoms with Gasteiger partial charge < -0.3 is 20.5 Å². The zero-order valence-corrected chi connectivity index (χ0v) is 14.6. The van der Waals surface area contributed by atoms with E-state index in [4.69, 9.17) is 21.4 Å². The molecule has 0 bridgehead atoms. The van der Waals surface area contributed by atoms with Crippen molar-refractivity contribution in [3.63, 3.8) is 0 Å². The number of hydrogen-bond donors (Lipinski definition) is 3. The maximum Gasteiger partial charge on any atom is 0.119 e. The van der Waals surface area contributed by atoms with Crippen LogP contribution < -0.4 is 15.4 Å². The molecule has 0 aromatic heterocycles. The topological polar surface area (TPSA) is 53.5 Å². The van der Waals surface area contributed by atoms with E-state index in [9.17, 15) is 0 Å². The Morgan fingerprint density at radius 1 is 0.833 bits per heavy atom. The van der Waals surface area contributed by atoms with E-state index in [1.54, 1.807) is 0 Å². The fourth-order valence-electron chi connectivity index (χ4n) is 2.23. The molecule has 2 aromatic rings. The maximum atomic E-state index is 8.66. The van der Waals surface area contributed by atoms with E-state index in [-0.39, 0.29) is 6.61 Å². The lowest BCUT2D eigenvalue weighted by Crippen LogP contribution is -2.23. The Labute approximate surface area is 148 Å². The number of ether oxygens (including phenoxy) is 1. The SMILES string of the molecule is OCCNCCCNCc1ccc(OCc2ccc(Cl)cc2)cc1. The van der Waals surface area contributed by atoms with Gasteiger partial charge in [-0.25, -0.2) is 0 Å². The van der Waals surface area contributed by atoms with Crippen molar-refractivity contribution in [3.8, 4) is 5.75 Å². The van der Waals surface area contributed by atoms with Crippen LogP contribution >= 0.6 is 11.6 Å². The van der Waals surface area contributed by atoms with Crippen molar-refractivity contribution in [1.29, 1.82) is 0 Å². The predicted octanol–water partition coefficient (Wildman–Crippen LogP) is 2.98. The number of rotatable bonds is 11. The van der Waals surface area contributed by atoms with Crippen LogP contribution in [0.15, 0.2) is 48.5 Å². The summed E-state index contributed by atoms with van der Waals surface area (Å²) in [5.74, 6) is 0.863. The number of halogens is 1. The Balaban J connectivity index is 1.64. The van der Waals surface area contributed by atoms with Crippen molar-refractivity contribution in [1.82, 2.24) is 10.6 Å². The lowest BCUT2D eigenvalue weighted by atomic mass is 10.2. The van der Waals surface area contributed by atoms with Crippen LogP contribution in [-0.2, 0) is 13.2 Å². The highest BCUT2D eigenvalue weighted by molar-refractivity contribution is 6.30. The number of aliphatic hydroxyl groups excluding tert-OH is 1. The molecule has 0 unspecified atom stereocenters. The first kappa shape index (κ1) is 18.7. The summed E-state index contributed by atoms with van der Waals surface area (Å²) in [7, 11) is 0. The van der Waals surface area contributed by atoms with E-state index < -0.39 is 0 Å². The molecule has 0 atom stereocenters. The Hall–Kier alpha value is -1.59. The van der Waals surface area contributed by atoms with Gasteiger partial charge in [0.05, 0.1) is 6.61 Å². The van der Waals surface area contributed by atoms with Gasteiger partial charge in [0.1, 0.15) is 12.4 Å². The summed E-state index contributed by atoms with van der Waals surface area (Å²) in [5.41, 5.74) is 2.33. The van der Waals surface area contributed by atoms with Gasteiger partial charge in [0.15, 0.2) is 0 Å². The van der Waals surface area contributed by atoms with Gasteiger partial charge in [-0.05, 0) is 54.9 Å². The molecule has 0 saturated heterocycles. The van der Waals surface area contributed by atoms with Crippen LogP contribution in [0.25, 0.3) is 0 Å². The third kappa shape index (κ3) is 7.32.